The highest BCUT2D eigenvalue weighted by molar-refractivity contribution is 9.10. The highest BCUT2D eigenvalue weighted by Crippen LogP contribution is 2.29. The summed E-state index contributed by atoms with van der Waals surface area (Å²) in [6.07, 6.45) is 0. The third-order valence-corrected chi connectivity index (χ3v) is 6.10. The van der Waals surface area contributed by atoms with Crippen molar-refractivity contribution in [1.29, 1.82) is 0 Å². The molecule has 8 heteroatoms. The number of nitrogens with zero attached hydrogens (tertiary/aromatic N) is 5. The zero-order chi connectivity index (χ0) is 19.8. The minimum Gasteiger partial charge on any atom is -0.279 e. The van der Waals surface area contributed by atoms with Crippen molar-refractivity contribution >= 4 is 55.4 Å². The number of hydrogen-bond acceptors (Lipinski definition) is 5. The van der Waals surface area contributed by atoms with Gasteiger partial charge in [0.2, 0.25) is 11.1 Å². The van der Waals surface area contributed by atoms with Gasteiger partial charge in [-0.3, -0.25) is 9.36 Å². The summed E-state index contributed by atoms with van der Waals surface area (Å²) in [7, 11) is 0. The van der Waals surface area contributed by atoms with Crippen LogP contribution in [-0.2, 0) is 0 Å². The molecular weight excluding hydrogens is 450 g/mol. The summed E-state index contributed by atoms with van der Waals surface area (Å²) >= 11 is 4.75. The largest absolute Gasteiger partial charge is 0.279 e. The Hall–Kier alpha value is -2.97. The minimum absolute atomic E-state index is 0.0160. The van der Waals surface area contributed by atoms with Gasteiger partial charge in [-0.2, -0.15) is 4.68 Å². The number of para-hydroxylation sites is 2. The van der Waals surface area contributed by atoms with E-state index in [1.165, 1.54) is 11.8 Å². The standard InChI is InChI=1S/C21H14BrN5OS/c22-14-9-11-15(12-10-14)27-21(23-24-25-27)29-13-20(28)26-18-7-3-1-5-16(18)17-6-2-4-8-19(17)26/h1-12H,13H2. The van der Waals surface area contributed by atoms with Crippen molar-refractivity contribution in [1.82, 2.24) is 24.8 Å². The van der Waals surface area contributed by atoms with Crippen molar-refractivity contribution in [2.45, 2.75) is 5.16 Å². The van der Waals surface area contributed by atoms with Crippen molar-refractivity contribution in [2.75, 3.05) is 5.75 Å². The summed E-state index contributed by atoms with van der Waals surface area (Å²) in [4.78, 5) is 13.2. The predicted octanol–water partition coefficient (Wildman–Crippen LogP) is 4.97. The number of hydrogen-bond donors (Lipinski definition) is 0. The third-order valence-electron chi connectivity index (χ3n) is 4.67. The van der Waals surface area contributed by atoms with Crippen LogP contribution in [0.1, 0.15) is 4.79 Å². The molecule has 0 bridgehead atoms. The quantitative estimate of drug-likeness (QED) is 0.352. The van der Waals surface area contributed by atoms with Crippen LogP contribution in [0, 0.1) is 0 Å². The van der Waals surface area contributed by atoms with E-state index < -0.39 is 0 Å². The Bertz CT molecular complexity index is 1290. The molecule has 0 N–H and O–H groups in total. The summed E-state index contributed by atoms with van der Waals surface area (Å²) in [6.45, 7) is 0. The number of carbonyl (C=O) groups excluding carboxylic acids is 1. The zero-order valence-electron chi connectivity index (χ0n) is 15.1. The van der Waals surface area contributed by atoms with Gasteiger partial charge >= 0.3 is 0 Å². The van der Waals surface area contributed by atoms with Gasteiger partial charge in [0.15, 0.2) is 0 Å². The normalized spacial score (nSPS) is 11.3. The van der Waals surface area contributed by atoms with Crippen LogP contribution in [-0.4, -0.2) is 36.4 Å². The Morgan fingerprint density at radius 3 is 2.17 bits per heavy atom. The molecule has 2 heterocycles. The lowest BCUT2D eigenvalue weighted by molar-refractivity contribution is 0.0951. The van der Waals surface area contributed by atoms with Gasteiger partial charge in [-0.25, -0.2) is 0 Å². The van der Waals surface area contributed by atoms with Crippen molar-refractivity contribution in [2.24, 2.45) is 0 Å². The Morgan fingerprint density at radius 1 is 0.897 bits per heavy atom. The van der Waals surface area contributed by atoms with E-state index in [2.05, 4.69) is 31.5 Å². The highest BCUT2D eigenvalue weighted by Gasteiger charge is 2.17. The summed E-state index contributed by atoms with van der Waals surface area (Å²) < 4.78 is 4.40. The molecule has 5 rings (SSSR count). The van der Waals surface area contributed by atoms with Crippen LogP contribution in [0.3, 0.4) is 0 Å². The van der Waals surface area contributed by atoms with Crippen LogP contribution >= 0.6 is 27.7 Å². The second kappa shape index (κ2) is 7.46. The zero-order valence-corrected chi connectivity index (χ0v) is 17.5. The molecule has 0 aliphatic heterocycles. The predicted molar refractivity (Wildman–Crippen MR) is 118 cm³/mol. The monoisotopic (exact) mass is 463 g/mol. The first-order valence-electron chi connectivity index (χ1n) is 8.91. The number of benzene rings is 3. The number of thioether (sulfide) groups is 1. The maximum Gasteiger partial charge on any atom is 0.242 e. The Morgan fingerprint density at radius 2 is 1.52 bits per heavy atom. The van der Waals surface area contributed by atoms with E-state index in [0.29, 0.717) is 5.16 Å². The molecule has 0 fully saturated rings. The van der Waals surface area contributed by atoms with Crippen molar-refractivity contribution in [3.8, 4) is 5.69 Å². The number of tetrazole rings is 1. The van der Waals surface area contributed by atoms with E-state index in [1.807, 2.05) is 72.8 Å². The van der Waals surface area contributed by atoms with Crippen LogP contribution in [0.4, 0.5) is 0 Å². The van der Waals surface area contributed by atoms with Crippen LogP contribution in [0.5, 0.6) is 0 Å². The lowest BCUT2D eigenvalue weighted by Gasteiger charge is -2.07. The smallest absolute Gasteiger partial charge is 0.242 e. The third kappa shape index (κ3) is 3.24. The average Bonchev–Trinajstić information content (AvgIpc) is 3.35. The molecule has 0 spiro atoms. The van der Waals surface area contributed by atoms with Gasteiger partial charge in [0.25, 0.3) is 0 Å². The summed E-state index contributed by atoms with van der Waals surface area (Å²) in [5.41, 5.74) is 2.66. The number of fused-ring (bicyclic) bond motifs is 3. The summed E-state index contributed by atoms with van der Waals surface area (Å²) in [5, 5.41) is 14.6. The summed E-state index contributed by atoms with van der Waals surface area (Å²) in [5.74, 6) is 0.206. The minimum atomic E-state index is -0.0160. The number of carbonyl (C=O) groups is 1. The molecule has 0 aliphatic rings. The molecule has 0 unspecified atom stereocenters. The maximum atomic E-state index is 13.2. The average molecular weight is 464 g/mol. The van der Waals surface area contributed by atoms with Gasteiger partial charge in [0.05, 0.1) is 22.5 Å². The Balaban J connectivity index is 1.47. The fourth-order valence-electron chi connectivity index (χ4n) is 3.40. The van der Waals surface area contributed by atoms with Crippen molar-refractivity contribution < 1.29 is 4.79 Å². The van der Waals surface area contributed by atoms with E-state index in [-0.39, 0.29) is 11.7 Å². The molecule has 29 heavy (non-hydrogen) atoms. The van der Waals surface area contributed by atoms with Gasteiger partial charge in [-0.15, -0.1) is 5.10 Å². The molecule has 0 saturated carbocycles. The van der Waals surface area contributed by atoms with Crippen molar-refractivity contribution in [3.63, 3.8) is 0 Å². The first-order chi connectivity index (χ1) is 14.2. The Labute approximate surface area is 178 Å². The molecule has 3 aromatic carbocycles. The first kappa shape index (κ1) is 18.1. The molecule has 5 aromatic rings. The summed E-state index contributed by atoms with van der Waals surface area (Å²) in [6, 6.07) is 23.6. The molecule has 0 aliphatic carbocycles. The molecule has 0 saturated heterocycles. The molecular formula is C21H14BrN5OS. The molecule has 0 amide bonds. The fraction of sp³-hybridized carbons (Fsp3) is 0.0476. The van der Waals surface area contributed by atoms with Gasteiger partial charge in [0.1, 0.15) is 0 Å². The molecule has 0 radical (unpaired) electrons. The highest BCUT2D eigenvalue weighted by atomic mass is 79.9. The molecule has 2 aromatic heterocycles. The van der Waals surface area contributed by atoms with E-state index in [9.17, 15) is 4.79 Å². The van der Waals surface area contributed by atoms with Crippen LogP contribution in [0.15, 0.2) is 82.4 Å². The van der Waals surface area contributed by atoms with E-state index in [4.69, 9.17) is 0 Å². The van der Waals surface area contributed by atoms with Gasteiger partial charge < -0.3 is 0 Å². The SMILES string of the molecule is O=C(CSc1nnnn1-c1ccc(Br)cc1)n1c2ccccc2c2ccccc21. The second-order valence-electron chi connectivity index (χ2n) is 6.40. The van der Waals surface area contributed by atoms with Gasteiger partial charge in [0, 0.05) is 15.2 Å². The topological polar surface area (TPSA) is 65.6 Å². The maximum absolute atomic E-state index is 13.2. The first-order valence-corrected chi connectivity index (χ1v) is 10.7. The van der Waals surface area contributed by atoms with Crippen LogP contribution in [0.2, 0.25) is 0 Å². The fourth-order valence-corrected chi connectivity index (χ4v) is 4.40. The van der Waals surface area contributed by atoms with Crippen molar-refractivity contribution in [3.05, 3.63) is 77.3 Å². The van der Waals surface area contributed by atoms with E-state index in [1.54, 1.807) is 9.25 Å². The van der Waals surface area contributed by atoms with Crippen LogP contribution in [0.25, 0.3) is 27.5 Å². The lowest BCUT2D eigenvalue weighted by Crippen LogP contribution is -2.13. The molecule has 142 valence electrons. The van der Waals surface area contributed by atoms with Gasteiger partial charge in [-0.1, -0.05) is 64.1 Å². The molecule has 6 nitrogen and oxygen atoms in total. The lowest BCUT2D eigenvalue weighted by atomic mass is 10.2. The number of rotatable bonds is 4. The van der Waals surface area contributed by atoms with E-state index >= 15 is 0 Å². The number of aromatic nitrogens is 5. The Kier molecular flexibility index (Phi) is 4.65. The van der Waals surface area contributed by atoms with Gasteiger partial charge in [-0.05, 0) is 46.8 Å². The van der Waals surface area contributed by atoms with E-state index in [0.717, 1.165) is 32.0 Å². The molecule has 0 atom stereocenters. The second-order valence-corrected chi connectivity index (χ2v) is 8.26. The van der Waals surface area contributed by atoms with Crippen LogP contribution < -0.4 is 0 Å². The number of halogens is 1.